The summed E-state index contributed by atoms with van der Waals surface area (Å²) in [7, 11) is 1.34. The van der Waals surface area contributed by atoms with Crippen molar-refractivity contribution in [1.82, 2.24) is 0 Å². The van der Waals surface area contributed by atoms with Crippen LogP contribution in [-0.4, -0.2) is 55.5 Å². The number of methoxy groups -OCH3 is 1. The molecule has 2 aromatic carbocycles. The molecule has 0 aliphatic rings. The second-order valence-electron chi connectivity index (χ2n) is 6.76. The van der Waals surface area contributed by atoms with Crippen molar-refractivity contribution < 1.29 is 38.7 Å². The van der Waals surface area contributed by atoms with Crippen molar-refractivity contribution in [3.63, 3.8) is 0 Å². The highest BCUT2D eigenvalue weighted by Crippen LogP contribution is 2.39. The third kappa shape index (κ3) is 4.90. The number of phenolic OH excluding ortho intramolecular Hbond substituents is 1. The largest absolute Gasteiger partial charge is 0.507 e. The van der Waals surface area contributed by atoms with Crippen molar-refractivity contribution in [3.05, 3.63) is 40.6 Å². The smallest absolute Gasteiger partial charge is 0.239 e. The second-order valence-corrected chi connectivity index (χ2v) is 6.76. The minimum absolute atomic E-state index is 0.0195. The molecular formula is C23H26O9. The van der Waals surface area contributed by atoms with E-state index in [9.17, 15) is 9.90 Å². The number of hydrogen-bond acceptors (Lipinski definition) is 9. The molecule has 0 saturated carbocycles. The maximum atomic E-state index is 13.1. The normalized spacial score (nSPS) is 10.9. The Morgan fingerprint density at radius 2 is 1.66 bits per heavy atom. The molecule has 9 nitrogen and oxygen atoms in total. The first-order valence-electron chi connectivity index (χ1n) is 10.2. The molecule has 0 amide bonds. The highest BCUT2D eigenvalue weighted by molar-refractivity contribution is 5.88. The summed E-state index contributed by atoms with van der Waals surface area (Å²) in [6.45, 7) is 2.18. The van der Waals surface area contributed by atoms with Crippen molar-refractivity contribution in [2.45, 2.75) is 13.3 Å². The minimum atomic E-state index is -0.549. The summed E-state index contributed by atoms with van der Waals surface area (Å²) in [4.78, 5) is 13.1. The van der Waals surface area contributed by atoms with Crippen molar-refractivity contribution in [2.75, 3.05) is 40.1 Å². The van der Waals surface area contributed by atoms with E-state index in [1.54, 1.807) is 18.2 Å². The van der Waals surface area contributed by atoms with E-state index in [4.69, 9.17) is 33.6 Å². The van der Waals surface area contributed by atoms with E-state index in [2.05, 4.69) is 0 Å². The Bertz CT molecular complexity index is 1120. The van der Waals surface area contributed by atoms with Gasteiger partial charge in [0, 0.05) is 17.7 Å². The summed E-state index contributed by atoms with van der Waals surface area (Å²) in [5.41, 5.74) is 0.0337. The van der Waals surface area contributed by atoms with Gasteiger partial charge in [-0.3, -0.25) is 4.79 Å². The summed E-state index contributed by atoms with van der Waals surface area (Å²) in [5.74, 6) is 0.832. The number of hydrogen-bond donors (Lipinski definition) is 3. The van der Waals surface area contributed by atoms with Crippen molar-refractivity contribution >= 4 is 11.0 Å². The fourth-order valence-corrected chi connectivity index (χ4v) is 3.13. The van der Waals surface area contributed by atoms with Crippen molar-refractivity contribution in [1.29, 1.82) is 0 Å². The van der Waals surface area contributed by atoms with Gasteiger partial charge in [0.15, 0.2) is 17.3 Å². The van der Waals surface area contributed by atoms with Crippen LogP contribution in [-0.2, 0) is 0 Å². The van der Waals surface area contributed by atoms with E-state index >= 15 is 0 Å². The third-order valence-electron chi connectivity index (χ3n) is 4.49. The highest BCUT2D eigenvalue weighted by Gasteiger charge is 2.21. The molecule has 0 atom stereocenters. The molecule has 1 heterocycles. The van der Waals surface area contributed by atoms with Crippen LogP contribution < -0.4 is 24.4 Å². The molecule has 0 bridgehead atoms. The lowest BCUT2D eigenvalue weighted by Crippen LogP contribution is -2.09. The zero-order chi connectivity index (χ0) is 23.1. The van der Waals surface area contributed by atoms with Gasteiger partial charge in [-0.1, -0.05) is 6.92 Å². The van der Waals surface area contributed by atoms with Crippen LogP contribution in [0.3, 0.4) is 0 Å². The number of fused-ring (bicyclic) bond motifs is 1. The van der Waals surface area contributed by atoms with Crippen LogP contribution in [0.15, 0.2) is 39.5 Å². The standard InChI is InChI=1S/C23H26O9/c1-3-8-30-18-11-14(4-5-17(18)31-10-7-25)22-23(28-2)21(27)20-16(26)12-15(29-9-6-24)13-19(20)32-22/h4-5,11-13,24-26H,3,6-10H2,1-2H3. The van der Waals surface area contributed by atoms with E-state index in [0.717, 1.165) is 6.42 Å². The molecule has 0 unspecified atom stereocenters. The first-order valence-corrected chi connectivity index (χ1v) is 10.2. The predicted molar refractivity (Wildman–Crippen MR) is 117 cm³/mol. The summed E-state index contributed by atoms with van der Waals surface area (Å²) >= 11 is 0. The molecule has 0 radical (unpaired) electrons. The van der Waals surface area contributed by atoms with Crippen LogP contribution in [0.4, 0.5) is 0 Å². The second kappa shape index (κ2) is 10.7. The zero-order valence-corrected chi connectivity index (χ0v) is 17.9. The SMILES string of the molecule is CCCOc1cc(-c2oc3cc(OCCO)cc(O)c3c(=O)c2OC)ccc1OCCO. The lowest BCUT2D eigenvalue weighted by molar-refractivity contribution is 0.193. The number of aliphatic hydroxyl groups is 2. The molecule has 9 heteroatoms. The van der Waals surface area contributed by atoms with E-state index in [1.165, 1.54) is 19.2 Å². The predicted octanol–water partition coefficient (Wildman–Crippen LogP) is 2.71. The van der Waals surface area contributed by atoms with E-state index in [0.29, 0.717) is 23.7 Å². The number of phenols is 1. The molecule has 3 N–H and O–H groups in total. The summed E-state index contributed by atoms with van der Waals surface area (Å²) < 4.78 is 27.9. The first-order chi connectivity index (χ1) is 15.5. The van der Waals surface area contributed by atoms with Crippen LogP contribution in [0, 0.1) is 0 Å². The Morgan fingerprint density at radius 1 is 0.938 bits per heavy atom. The number of aliphatic hydroxyl groups excluding tert-OH is 2. The van der Waals surface area contributed by atoms with Gasteiger partial charge in [-0.25, -0.2) is 0 Å². The molecule has 0 fully saturated rings. The van der Waals surface area contributed by atoms with Gasteiger partial charge in [0.1, 0.15) is 35.7 Å². The van der Waals surface area contributed by atoms with E-state index in [1.807, 2.05) is 6.92 Å². The molecule has 3 rings (SSSR count). The number of rotatable bonds is 11. The Hall–Kier alpha value is -3.43. The molecule has 32 heavy (non-hydrogen) atoms. The number of benzene rings is 2. The summed E-state index contributed by atoms with van der Waals surface area (Å²) in [5, 5.41) is 28.3. The van der Waals surface area contributed by atoms with Gasteiger partial charge in [-0.15, -0.1) is 0 Å². The number of ether oxygens (including phenoxy) is 4. The lowest BCUT2D eigenvalue weighted by Gasteiger charge is -2.15. The maximum absolute atomic E-state index is 13.1. The van der Waals surface area contributed by atoms with Gasteiger partial charge in [-0.2, -0.15) is 0 Å². The van der Waals surface area contributed by atoms with Gasteiger partial charge in [0.05, 0.1) is 26.9 Å². The monoisotopic (exact) mass is 446 g/mol. The van der Waals surface area contributed by atoms with Gasteiger partial charge in [0.25, 0.3) is 0 Å². The average Bonchev–Trinajstić information content (AvgIpc) is 2.79. The molecule has 0 aliphatic carbocycles. The van der Waals surface area contributed by atoms with Gasteiger partial charge in [0.2, 0.25) is 11.2 Å². The quantitative estimate of drug-likeness (QED) is 0.407. The van der Waals surface area contributed by atoms with Crippen LogP contribution >= 0.6 is 0 Å². The van der Waals surface area contributed by atoms with Gasteiger partial charge < -0.3 is 38.7 Å². The average molecular weight is 446 g/mol. The molecule has 1 aromatic heterocycles. The Balaban J connectivity index is 2.17. The zero-order valence-electron chi connectivity index (χ0n) is 17.9. The Morgan fingerprint density at radius 3 is 2.34 bits per heavy atom. The Kier molecular flexibility index (Phi) is 7.80. The minimum Gasteiger partial charge on any atom is -0.507 e. The van der Waals surface area contributed by atoms with Gasteiger partial charge in [-0.05, 0) is 24.6 Å². The van der Waals surface area contributed by atoms with Crippen LogP contribution in [0.5, 0.6) is 28.7 Å². The van der Waals surface area contributed by atoms with Crippen LogP contribution in [0.25, 0.3) is 22.3 Å². The topological polar surface area (TPSA) is 128 Å². The molecule has 0 aliphatic heterocycles. The molecule has 3 aromatic rings. The van der Waals surface area contributed by atoms with Crippen LogP contribution in [0.2, 0.25) is 0 Å². The molecule has 172 valence electrons. The fourth-order valence-electron chi connectivity index (χ4n) is 3.13. The third-order valence-corrected chi connectivity index (χ3v) is 4.49. The molecule has 0 saturated heterocycles. The maximum Gasteiger partial charge on any atom is 0.239 e. The van der Waals surface area contributed by atoms with Crippen molar-refractivity contribution in [2.24, 2.45) is 0 Å². The fraction of sp³-hybridized carbons (Fsp3) is 0.348. The first kappa shape index (κ1) is 23.2. The summed E-state index contributed by atoms with van der Waals surface area (Å²) in [6, 6.07) is 7.71. The lowest BCUT2D eigenvalue weighted by atomic mass is 10.1. The van der Waals surface area contributed by atoms with Crippen molar-refractivity contribution in [3.8, 4) is 40.1 Å². The highest BCUT2D eigenvalue weighted by atomic mass is 16.5. The summed E-state index contributed by atoms with van der Waals surface area (Å²) in [6.07, 6.45) is 0.772. The number of aromatic hydroxyl groups is 1. The van der Waals surface area contributed by atoms with E-state index < -0.39 is 5.43 Å². The van der Waals surface area contributed by atoms with Crippen LogP contribution in [0.1, 0.15) is 13.3 Å². The molecule has 0 spiro atoms. The Labute approximate surface area is 184 Å². The molecular weight excluding hydrogens is 420 g/mol. The van der Waals surface area contributed by atoms with E-state index in [-0.39, 0.29) is 60.4 Å². The van der Waals surface area contributed by atoms with Gasteiger partial charge >= 0.3 is 0 Å².